The number of carboxylic acid groups (broad SMARTS) is 1. The molecular formula is C23H21N2O7-. The van der Waals surface area contributed by atoms with E-state index in [9.17, 15) is 24.3 Å². The number of carbonyl (C=O) groups excluding carboxylic acids is 4. The molecule has 1 aliphatic heterocycles. The van der Waals surface area contributed by atoms with E-state index in [-0.39, 0.29) is 17.1 Å². The molecule has 0 saturated carbocycles. The summed E-state index contributed by atoms with van der Waals surface area (Å²) in [7, 11) is 1.36. The molecule has 1 atom stereocenters. The average molecular weight is 437 g/mol. The summed E-state index contributed by atoms with van der Waals surface area (Å²) in [4.78, 5) is 49.8. The van der Waals surface area contributed by atoms with Crippen LogP contribution in [0.5, 0.6) is 11.5 Å². The lowest BCUT2D eigenvalue weighted by molar-refractivity contribution is -0.312. The van der Waals surface area contributed by atoms with Crippen LogP contribution >= 0.6 is 0 Å². The van der Waals surface area contributed by atoms with Gasteiger partial charge in [-0.3, -0.25) is 14.9 Å². The van der Waals surface area contributed by atoms with Crippen molar-refractivity contribution in [3.8, 4) is 11.5 Å². The molecule has 0 unspecified atom stereocenters. The van der Waals surface area contributed by atoms with Gasteiger partial charge in [-0.05, 0) is 61.7 Å². The smallest absolute Gasteiger partial charge is 0.335 e. The number of hydrogen-bond donors (Lipinski definition) is 1. The highest BCUT2D eigenvalue weighted by atomic mass is 16.5. The molecule has 9 heteroatoms. The van der Waals surface area contributed by atoms with Gasteiger partial charge in [0.15, 0.2) is 11.5 Å². The molecule has 0 bridgehead atoms. The molecule has 0 spiro atoms. The molecule has 166 valence electrons. The van der Waals surface area contributed by atoms with Crippen LogP contribution in [-0.2, 0) is 14.4 Å². The number of ether oxygens (including phenoxy) is 2. The van der Waals surface area contributed by atoms with E-state index in [1.54, 1.807) is 19.1 Å². The van der Waals surface area contributed by atoms with E-state index in [2.05, 4.69) is 5.32 Å². The average Bonchev–Trinajstić information content (AvgIpc) is 2.74. The predicted molar refractivity (Wildman–Crippen MR) is 113 cm³/mol. The van der Waals surface area contributed by atoms with Crippen LogP contribution < -0.4 is 24.8 Å². The Labute approximate surface area is 184 Å². The number of nitrogens with one attached hydrogen (secondary N) is 1. The Morgan fingerprint density at radius 2 is 1.84 bits per heavy atom. The first-order chi connectivity index (χ1) is 15.1. The number of nitrogens with zero attached hydrogens (tertiary/aromatic N) is 1. The Morgan fingerprint density at radius 1 is 1.12 bits per heavy atom. The van der Waals surface area contributed by atoms with Gasteiger partial charge in [-0.15, -0.1) is 0 Å². The standard InChI is InChI=1S/C23H22N2O7/c1-12-6-5-7-17(13(12)2)25-21(27)16(20(26)24-23(25)30)10-15-8-9-18(19(11-15)31-4)32-14(3)22(28)29/h5-11,14H,1-4H3,(H,28,29)(H,24,26,30)/p-1/b16-10+/t14-/m1/s1. The van der Waals surface area contributed by atoms with Crippen molar-refractivity contribution in [1.82, 2.24) is 5.32 Å². The molecule has 4 amide bonds. The van der Waals surface area contributed by atoms with Gasteiger partial charge in [0.1, 0.15) is 11.7 Å². The number of methoxy groups -OCH3 is 1. The van der Waals surface area contributed by atoms with E-state index in [1.807, 2.05) is 13.0 Å². The molecule has 3 rings (SSSR count). The number of imide groups is 2. The molecular weight excluding hydrogens is 416 g/mol. The highest BCUT2D eigenvalue weighted by Gasteiger charge is 2.37. The molecule has 1 fully saturated rings. The van der Waals surface area contributed by atoms with E-state index < -0.39 is 29.9 Å². The quantitative estimate of drug-likeness (QED) is 0.536. The van der Waals surface area contributed by atoms with E-state index in [1.165, 1.54) is 38.3 Å². The normalized spacial score (nSPS) is 16.1. The molecule has 0 aromatic heterocycles. The fourth-order valence-corrected chi connectivity index (χ4v) is 3.13. The van der Waals surface area contributed by atoms with Crippen LogP contribution in [-0.4, -0.2) is 37.0 Å². The van der Waals surface area contributed by atoms with Gasteiger partial charge in [-0.25, -0.2) is 9.69 Å². The van der Waals surface area contributed by atoms with Crippen molar-refractivity contribution in [2.45, 2.75) is 26.9 Å². The zero-order chi connectivity index (χ0) is 23.6. The van der Waals surface area contributed by atoms with E-state index in [0.717, 1.165) is 16.0 Å². The van der Waals surface area contributed by atoms with Crippen LogP contribution in [0.25, 0.3) is 6.08 Å². The van der Waals surface area contributed by atoms with Gasteiger partial charge in [0.05, 0.1) is 18.8 Å². The highest BCUT2D eigenvalue weighted by molar-refractivity contribution is 6.39. The lowest BCUT2D eigenvalue weighted by Gasteiger charge is -2.28. The highest BCUT2D eigenvalue weighted by Crippen LogP contribution is 2.31. The van der Waals surface area contributed by atoms with Gasteiger partial charge < -0.3 is 19.4 Å². The molecule has 2 aromatic rings. The van der Waals surface area contributed by atoms with Gasteiger partial charge in [0.25, 0.3) is 11.8 Å². The number of urea groups is 1. The summed E-state index contributed by atoms with van der Waals surface area (Å²) in [6.07, 6.45) is 0.104. The Morgan fingerprint density at radius 3 is 2.50 bits per heavy atom. The number of anilines is 1. The third-order valence-corrected chi connectivity index (χ3v) is 5.05. The number of aliphatic carboxylic acids is 1. The summed E-state index contributed by atoms with van der Waals surface area (Å²) in [5.74, 6) is -2.64. The predicted octanol–water partition coefficient (Wildman–Crippen LogP) is 1.50. The van der Waals surface area contributed by atoms with E-state index in [4.69, 9.17) is 9.47 Å². The summed E-state index contributed by atoms with van der Waals surface area (Å²) in [6, 6.07) is 8.81. The van der Waals surface area contributed by atoms with Crippen LogP contribution in [0.4, 0.5) is 10.5 Å². The van der Waals surface area contributed by atoms with Crippen LogP contribution in [0.1, 0.15) is 23.6 Å². The monoisotopic (exact) mass is 437 g/mol. The minimum Gasteiger partial charge on any atom is -0.546 e. The Kier molecular flexibility index (Phi) is 6.29. The number of hydrogen-bond acceptors (Lipinski definition) is 7. The van der Waals surface area contributed by atoms with Crippen molar-refractivity contribution in [3.05, 3.63) is 58.7 Å². The molecule has 1 N–H and O–H groups in total. The van der Waals surface area contributed by atoms with Crippen LogP contribution in [0.3, 0.4) is 0 Å². The summed E-state index contributed by atoms with van der Waals surface area (Å²) < 4.78 is 10.5. The van der Waals surface area contributed by atoms with E-state index >= 15 is 0 Å². The molecule has 1 heterocycles. The SMILES string of the molecule is COc1cc(/C=C2\C(=O)NC(=O)N(c3cccc(C)c3C)C2=O)ccc1O[C@H](C)C(=O)[O-]. The molecule has 9 nitrogen and oxygen atoms in total. The summed E-state index contributed by atoms with van der Waals surface area (Å²) in [5.41, 5.74) is 2.16. The van der Waals surface area contributed by atoms with Crippen molar-refractivity contribution in [3.63, 3.8) is 0 Å². The van der Waals surface area contributed by atoms with Crippen molar-refractivity contribution < 1.29 is 33.8 Å². The first-order valence-corrected chi connectivity index (χ1v) is 9.67. The van der Waals surface area contributed by atoms with Crippen LogP contribution in [0, 0.1) is 13.8 Å². The minimum absolute atomic E-state index is 0.151. The Bertz CT molecular complexity index is 1150. The number of benzene rings is 2. The Hall–Kier alpha value is -4.14. The maximum atomic E-state index is 13.1. The van der Waals surface area contributed by atoms with E-state index in [0.29, 0.717) is 11.3 Å². The largest absolute Gasteiger partial charge is 0.546 e. The number of barbiturate groups is 1. The van der Waals surface area contributed by atoms with Crippen molar-refractivity contribution in [2.24, 2.45) is 0 Å². The summed E-state index contributed by atoms with van der Waals surface area (Å²) >= 11 is 0. The molecule has 1 saturated heterocycles. The number of carboxylic acids is 1. The number of aryl methyl sites for hydroxylation is 1. The molecule has 0 radical (unpaired) electrons. The van der Waals surface area contributed by atoms with Crippen LogP contribution in [0.2, 0.25) is 0 Å². The zero-order valence-corrected chi connectivity index (χ0v) is 17.9. The number of carbonyl (C=O) groups is 4. The number of rotatable bonds is 6. The second kappa shape index (κ2) is 8.93. The molecule has 1 aliphatic rings. The summed E-state index contributed by atoms with van der Waals surface area (Å²) in [5, 5.41) is 13.1. The molecule has 32 heavy (non-hydrogen) atoms. The summed E-state index contributed by atoms with van der Waals surface area (Å²) in [6.45, 7) is 4.95. The van der Waals surface area contributed by atoms with Gasteiger partial charge in [-0.1, -0.05) is 18.2 Å². The fourth-order valence-electron chi connectivity index (χ4n) is 3.13. The second-order valence-corrected chi connectivity index (χ2v) is 7.17. The zero-order valence-electron chi connectivity index (χ0n) is 17.9. The fraction of sp³-hybridized carbons (Fsp3) is 0.217. The van der Waals surface area contributed by atoms with Crippen molar-refractivity contribution in [2.75, 3.05) is 12.0 Å². The molecule has 2 aromatic carbocycles. The number of amides is 4. The first kappa shape index (κ1) is 22.5. The van der Waals surface area contributed by atoms with Gasteiger partial charge >= 0.3 is 6.03 Å². The topological polar surface area (TPSA) is 125 Å². The minimum atomic E-state index is -1.39. The Balaban J connectivity index is 1.99. The van der Waals surface area contributed by atoms with Gasteiger partial charge in [0, 0.05) is 0 Å². The van der Waals surface area contributed by atoms with Crippen molar-refractivity contribution in [1.29, 1.82) is 0 Å². The maximum absolute atomic E-state index is 13.1. The maximum Gasteiger partial charge on any atom is 0.335 e. The lowest BCUT2D eigenvalue weighted by Crippen LogP contribution is -2.54. The molecule has 0 aliphatic carbocycles. The van der Waals surface area contributed by atoms with Crippen molar-refractivity contribution >= 4 is 35.6 Å². The first-order valence-electron chi connectivity index (χ1n) is 9.67. The van der Waals surface area contributed by atoms with Gasteiger partial charge in [0.2, 0.25) is 0 Å². The third kappa shape index (κ3) is 4.31. The second-order valence-electron chi connectivity index (χ2n) is 7.17. The lowest BCUT2D eigenvalue weighted by atomic mass is 10.0. The third-order valence-electron chi connectivity index (χ3n) is 5.05. The van der Waals surface area contributed by atoms with Crippen LogP contribution in [0.15, 0.2) is 42.0 Å². The van der Waals surface area contributed by atoms with Gasteiger partial charge in [-0.2, -0.15) is 0 Å².